The molecule has 3 aliphatic rings. The Morgan fingerprint density at radius 3 is 2.72 bits per heavy atom. The first-order chi connectivity index (χ1) is 15.4. The van der Waals surface area contributed by atoms with E-state index in [1.165, 1.54) is 13.2 Å². The summed E-state index contributed by atoms with van der Waals surface area (Å²) in [6.07, 6.45) is 2.04. The average Bonchev–Trinajstić information content (AvgIpc) is 3.30. The summed E-state index contributed by atoms with van der Waals surface area (Å²) in [6.45, 7) is 0.857. The first-order valence-corrected chi connectivity index (χ1v) is 10.3. The lowest BCUT2D eigenvalue weighted by atomic mass is 10.0. The maximum Gasteiger partial charge on any atom is 0.339 e. The van der Waals surface area contributed by atoms with Crippen LogP contribution in [-0.4, -0.2) is 64.1 Å². The van der Waals surface area contributed by atoms with Gasteiger partial charge in [-0.25, -0.2) is 4.79 Å². The third-order valence-corrected chi connectivity index (χ3v) is 6.21. The van der Waals surface area contributed by atoms with Crippen molar-refractivity contribution in [3.05, 3.63) is 46.8 Å². The van der Waals surface area contributed by atoms with Gasteiger partial charge in [-0.15, -0.1) is 0 Å². The average molecular weight is 436 g/mol. The van der Waals surface area contributed by atoms with E-state index >= 15 is 0 Å². The fourth-order valence-corrected chi connectivity index (χ4v) is 4.65. The van der Waals surface area contributed by atoms with Gasteiger partial charge >= 0.3 is 5.97 Å². The fraction of sp³-hybridized carbons (Fsp3) is 0.318. The number of esters is 1. The third kappa shape index (κ3) is 2.98. The van der Waals surface area contributed by atoms with Crippen LogP contribution in [0.1, 0.15) is 34.5 Å². The standard InChI is InChI=1S/C22H20N4O6/c1-32-22(31)12-4-2-3-11-13-10-25(8-7-14(13)23-19(11)12)16-9-18(28)26(21(16)30)15-5-6-17(27)24-20(15)29/h2-4,9,15,23H,5-8,10H2,1H3,(H,24,27,29). The molecule has 1 fully saturated rings. The Balaban J connectivity index is 1.43. The van der Waals surface area contributed by atoms with Crippen molar-refractivity contribution in [1.82, 2.24) is 20.1 Å². The number of carbonyl (C=O) groups is 5. The largest absolute Gasteiger partial charge is 0.465 e. The van der Waals surface area contributed by atoms with Crippen LogP contribution in [0.2, 0.25) is 0 Å². The Morgan fingerprint density at radius 2 is 1.97 bits per heavy atom. The molecule has 1 atom stereocenters. The van der Waals surface area contributed by atoms with Gasteiger partial charge in [-0.05, 0) is 12.5 Å². The van der Waals surface area contributed by atoms with E-state index in [1.807, 2.05) is 11.0 Å². The number of ether oxygens (including phenoxy) is 1. The van der Waals surface area contributed by atoms with Crippen molar-refractivity contribution in [2.24, 2.45) is 0 Å². The number of para-hydroxylation sites is 1. The second-order valence-corrected chi connectivity index (χ2v) is 7.98. The first-order valence-electron chi connectivity index (χ1n) is 10.3. The molecule has 10 heteroatoms. The van der Waals surface area contributed by atoms with E-state index < -0.39 is 35.6 Å². The quantitative estimate of drug-likeness (QED) is 0.525. The van der Waals surface area contributed by atoms with E-state index in [4.69, 9.17) is 4.74 Å². The molecule has 0 spiro atoms. The molecule has 10 nitrogen and oxygen atoms in total. The van der Waals surface area contributed by atoms with Crippen LogP contribution in [0.4, 0.5) is 0 Å². The topological polar surface area (TPSA) is 129 Å². The monoisotopic (exact) mass is 436 g/mol. The van der Waals surface area contributed by atoms with Gasteiger partial charge in [-0.2, -0.15) is 0 Å². The maximum absolute atomic E-state index is 13.1. The summed E-state index contributed by atoms with van der Waals surface area (Å²) in [5.74, 6) is -2.58. The molecule has 0 bridgehead atoms. The van der Waals surface area contributed by atoms with E-state index in [0.717, 1.165) is 21.5 Å². The molecule has 0 radical (unpaired) electrons. The molecule has 5 rings (SSSR count). The smallest absolute Gasteiger partial charge is 0.339 e. The molecule has 3 aliphatic heterocycles. The summed E-state index contributed by atoms with van der Waals surface area (Å²) >= 11 is 0. The highest BCUT2D eigenvalue weighted by Crippen LogP contribution is 2.33. The number of benzene rings is 1. The van der Waals surface area contributed by atoms with Crippen molar-refractivity contribution in [2.75, 3.05) is 13.7 Å². The molecule has 1 aromatic carbocycles. The SMILES string of the molecule is COC(=O)c1cccc2c3c([nH]c12)CCN(C1=CC(=O)N(C2CCC(=O)NC2=O)C1=O)C3. The number of aromatic nitrogens is 1. The minimum absolute atomic E-state index is 0.0771. The molecule has 2 aromatic rings. The summed E-state index contributed by atoms with van der Waals surface area (Å²) in [7, 11) is 1.33. The third-order valence-electron chi connectivity index (χ3n) is 6.21. The van der Waals surface area contributed by atoms with Crippen molar-refractivity contribution < 1.29 is 28.7 Å². The molecule has 0 saturated carbocycles. The van der Waals surface area contributed by atoms with E-state index in [-0.39, 0.29) is 18.5 Å². The Bertz CT molecular complexity index is 1240. The number of imide groups is 2. The second-order valence-electron chi connectivity index (χ2n) is 7.98. The lowest BCUT2D eigenvalue weighted by molar-refractivity contribution is -0.150. The molecular weight excluding hydrogens is 416 g/mol. The van der Waals surface area contributed by atoms with E-state index in [0.29, 0.717) is 30.6 Å². The predicted molar refractivity (Wildman–Crippen MR) is 110 cm³/mol. The number of methoxy groups -OCH3 is 1. The fourth-order valence-electron chi connectivity index (χ4n) is 4.65. The van der Waals surface area contributed by atoms with Crippen LogP contribution in [0.3, 0.4) is 0 Å². The van der Waals surface area contributed by atoms with Gasteiger partial charge in [-0.1, -0.05) is 12.1 Å². The van der Waals surface area contributed by atoms with Gasteiger partial charge in [0, 0.05) is 48.7 Å². The first kappa shape index (κ1) is 20.0. The van der Waals surface area contributed by atoms with Gasteiger partial charge in [0.2, 0.25) is 11.8 Å². The number of H-pyrrole nitrogens is 1. The van der Waals surface area contributed by atoms with Gasteiger partial charge in [-0.3, -0.25) is 29.4 Å². The zero-order valence-corrected chi connectivity index (χ0v) is 17.3. The summed E-state index contributed by atoms with van der Waals surface area (Å²) in [5.41, 5.74) is 3.24. The lowest BCUT2D eigenvalue weighted by Crippen LogP contribution is -2.55. The Hall–Kier alpha value is -3.95. The molecule has 4 heterocycles. The number of nitrogens with zero attached hydrogens (tertiary/aromatic N) is 2. The highest BCUT2D eigenvalue weighted by Gasteiger charge is 2.44. The van der Waals surface area contributed by atoms with Crippen LogP contribution in [0.25, 0.3) is 10.9 Å². The van der Waals surface area contributed by atoms with E-state index in [9.17, 15) is 24.0 Å². The van der Waals surface area contributed by atoms with Crippen LogP contribution in [-0.2, 0) is 36.9 Å². The van der Waals surface area contributed by atoms with Crippen LogP contribution in [0.15, 0.2) is 30.0 Å². The molecule has 2 N–H and O–H groups in total. The number of aromatic amines is 1. The Morgan fingerprint density at radius 1 is 1.16 bits per heavy atom. The number of amides is 4. The Labute approximate surface area is 182 Å². The zero-order valence-electron chi connectivity index (χ0n) is 17.3. The van der Waals surface area contributed by atoms with Gasteiger partial charge < -0.3 is 14.6 Å². The second kappa shape index (κ2) is 7.33. The van der Waals surface area contributed by atoms with Gasteiger partial charge in [0.05, 0.1) is 18.2 Å². The van der Waals surface area contributed by atoms with Crippen molar-refractivity contribution in [1.29, 1.82) is 0 Å². The van der Waals surface area contributed by atoms with E-state index in [2.05, 4.69) is 10.3 Å². The van der Waals surface area contributed by atoms with Crippen LogP contribution in [0, 0.1) is 0 Å². The Kier molecular flexibility index (Phi) is 4.58. The van der Waals surface area contributed by atoms with Crippen molar-refractivity contribution in [2.45, 2.75) is 31.8 Å². The molecule has 1 aromatic heterocycles. The molecule has 32 heavy (non-hydrogen) atoms. The van der Waals surface area contributed by atoms with Crippen molar-refractivity contribution in [3.63, 3.8) is 0 Å². The highest BCUT2D eigenvalue weighted by atomic mass is 16.5. The molecule has 0 aliphatic carbocycles. The minimum Gasteiger partial charge on any atom is -0.465 e. The molecule has 1 unspecified atom stereocenters. The normalized spacial score (nSPS) is 21.0. The van der Waals surface area contributed by atoms with Gasteiger partial charge in [0.25, 0.3) is 11.8 Å². The number of nitrogens with one attached hydrogen (secondary N) is 2. The van der Waals surface area contributed by atoms with Gasteiger partial charge in [0.15, 0.2) is 0 Å². The number of hydrogen-bond acceptors (Lipinski definition) is 7. The minimum atomic E-state index is -0.988. The number of fused-ring (bicyclic) bond motifs is 3. The summed E-state index contributed by atoms with van der Waals surface area (Å²) in [4.78, 5) is 67.5. The summed E-state index contributed by atoms with van der Waals surface area (Å²) in [6, 6.07) is 4.37. The van der Waals surface area contributed by atoms with Crippen LogP contribution < -0.4 is 5.32 Å². The van der Waals surface area contributed by atoms with Crippen LogP contribution in [0.5, 0.6) is 0 Å². The lowest BCUT2D eigenvalue weighted by Gasteiger charge is -2.32. The van der Waals surface area contributed by atoms with Crippen molar-refractivity contribution >= 4 is 40.5 Å². The zero-order chi connectivity index (χ0) is 22.6. The number of hydrogen-bond donors (Lipinski definition) is 2. The van der Waals surface area contributed by atoms with Gasteiger partial charge in [0.1, 0.15) is 11.7 Å². The number of carbonyl (C=O) groups excluding carboxylic acids is 5. The highest BCUT2D eigenvalue weighted by molar-refractivity contribution is 6.18. The van der Waals surface area contributed by atoms with E-state index in [1.54, 1.807) is 12.1 Å². The molecular formula is C22H20N4O6. The maximum atomic E-state index is 13.1. The summed E-state index contributed by atoms with van der Waals surface area (Å²) < 4.78 is 4.87. The molecule has 1 saturated heterocycles. The molecule has 164 valence electrons. The van der Waals surface area contributed by atoms with Crippen LogP contribution >= 0.6 is 0 Å². The summed E-state index contributed by atoms with van der Waals surface area (Å²) in [5, 5.41) is 3.04. The number of rotatable bonds is 3. The van der Waals surface area contributed by atoms with Crippen molar-refractivity contribution in [3.8, 4) is 0 Å². The number of piperidine rings is 1. The predicted octanol–water partition coefficient (Wildman–Crippen LogP) is 0.370. The molecule has 4 amide bonds.